The molecule has 2 fully saturated rings. The van der Waals surface area contributed by atoms with Crippen molar-refractivity contribution in [2.24, 2.45) is 5.92 Å². The Morgan fingerprint density at radius 2 is 2.24 bits per heavy atom. The molecular weight excluding hydrogens is 264 g/mol. The Morgan fingerprint density at radius 1 is 1.43 bits per heavy atom. The Balaban J connectivity index is 1.71. The van der Waals surface area contributed by atoms with Gasteiger partial charge in [-0.25, -0.2) is 0 Å². The maximum atomic E-state index is 12.6. The molecule has 4 atom stereocenters. The minimum absolute atomic E-state index is 0.0211. The molecule has 2 aliphatic rings. The summed E-state index contributed by atoms with van der Waals surface area (Å²) in [6, 6.07) is 8.88. The smallest absolute Gasteiger partial charge is 0.225 e. The van der Waals surface area contributed by atoms with E-state index >= 15 is 0 Å². The number of fused-ring (bicyclic) bond motifs is 2. The Bertz CT molecular complexity index is 517. The van der Waals surface area contributed by atoms with E-state index in [1.807, 2.05) is 24.3 Å². The zero-order valence-electron chi connectivity index (χ0n) is 12.8. The highest BCUT2D eigenvalue weighted by Gasteiger charge is 2.43. The molecule has 1 aromatic rings. The van der Waals surface area contributed by atoms with Gasteiger partial charge in [-0.1, -0.05) is 25.1 Å². The fourth-order valence-electron chi connectivity index (χ4n) is 3.75. The molecule has 0 aliphatic carbocycles. The third-order valence-electron chi connectivity index (χ3n) is 4.88. The highest BCUT2D eigenvalue weighted by molar-refractivity contribution is 5.80. The van der Waals surface area contributed by atoms with Gasteiger partial charge in [0.2, 0.25) is 5.91 Å². The van der Waals surface area contributed by atoms with Crippen LogP contribution in [0, 0.1) is 5.92 Å². The van der Waals surface area contributed by atoms with Gasteiger partial charge in [0.15, 0.2) is 0 Å². The number of carbonyl (C=O) groups excluding carboxylic acids is 1. The Hall–Kier alpha value is -1.55. The summed E-state index contributed by atoms with van der Waals surface area (Å²) >= 11 is 0. The number of carbonyl (C=O) groups is 1. The number of hydrogen-bond donors (Lipinski definition) is 2. The Morgan fingerprint density at radius 3 is 2.86 bits per heavy atom. The monoisotopic (exact) mass is 288 g/mol. The highest BCUT2D eigenvalue weighted by atomic mass is 16.5. The number of benzene rings is 1. The number of amides is 1. The summed E-state index contributed by atoms with van der Waals surface area (Å²) < 4.78 is 5.42. The van der Waals surface area contributed by atoms with E-state index in [0.29, 0.717) is 12.1 Å². The number of nitrogens with one attached hydrogen (secondary N) is 2. The van der Waals surface area contributed by atoms with E-state index in [9.17, 15) is 4.79 Å². The van der Waals surface area contributed by atoms with E-state index in [0.717, 1.165) is 30.6 Å². The molecule has 0 spiro atoms. The first-order valence-corrected chi connectivity index (χ1v) is 7.92. The van der Waals surface area contributed by atoms with E-state index < -0.39 is 0 Å². The maximum Gasteiger partial charge on any atom is 0.225 e. The predicted molar refractivity (Wildman–Crippen MR) is 82.2 cm³/mol. The molecule has 114 valence electrons. The molecule has 21 heavy (non-hydrogen) atoms. The van der Waals surface area contributed by atoms with Crippen LogP contribution in [0.4, 0.5) is 0 Å². The van der Waals surface area contributed by atoms with E-state index in [4.69, 9.17) is 4.74 Å². The second-order valence-corrected chi connectivity index (χ2v) is 6.10. The third-order valence-corrected chi connectivity index (χ3v) is 4.88. The second kappa shape index (κ2) is 6.06. The topological polar surface area (TPSA) is 50.4 Å². The van der Waals surface area contributed by atoms with Gasteiger partial charge < -0.3 is 15.4 Å². The lowest BCUT2D eigenvalue weighted by Crippen LogP contribution is -2.39. The fourth-order valence-corrected chi connectivity index (χ4v) is 3.75. The summed E-state index contributed by atoms with van der Waals surface area (Å²) in [6.07, 6.45) is 4.20. The lowest BCUT2D eigenvalue weighted by Gasteiger charge is -2.25. The molecule has 0 radical (unpaired) electrons. The van der Waals surface area contributed by atoms with Gasteiger partial charge in [0.1, 0.15) is 5.75 Å². The van der Waals surface area contributed by atoms with Crippen LogP contribution in [0.1, 0.15) is 44.2 Å². The quantitative estimate of drug-likeness (QED) is 0.875. The van der Waals surface area contributed by atoms with E-state index in [1.165, 1.54) is 6.42 Å². The summed E-state index contributed by atoms with van der Waals surface area (Å²) in [6.45, 7) is 2.09. The lowest BCUT2D eigenvalue weighted by molar-refractivity contribution is -0.126. The maximum absolute atomic E-state index is 12.6. The fraction of sp³-hybridized carbons (Fsp3) is 0.588. The van der Waals surface area contributed by atoms with Gasteiger partial charge in [-0.2, -0.15) is 0 Å². The van der Waals surface area contributed by atoms with Crippen LogP contribution < -0.4 is 15.4 Å². The summed E-state index contributed by atoms with van der Waals surface area (Å²) in [5.41, 5.74) is 1.06. The van der Waals surface area contributed by atoms with Crippen LogP contribution in [0.15, 0.2) is 24.3 Å². The molecular formula is C17H24N2O2. The van der Waals surface area contributed by atoms with Crippen LogP contribution in [0.5, 0.6) is 5.75 Å². The van der Waals surface area contributed by atoms with E-state index in [-0.39, 0.29) is 17.9 Å². The molecule has 1 aromatic carbocycles. The molecule has 2 saturated heterocycles. The van der Waals surface area contributed by atoms with Crippen molar-refractivity contribution in [3.8, 4) is 5.75 Å². The molecule has 2 N–H and O–H groups in total. The number of para-hydroxylation sites is 1. The van der Waals surface area contributed by atoms with Gasteiger partial charge in [0.25, 0.3) is 0 Å². The van der Waals surface area contributed by atoms with Gasteiger partial charge in [-0.15, -0.1) is 0 Å². The average Bonchev–Trinajstić information content (AvgIpc) is 3.15. The van der Waals surface area contributed by atoms with E-state index in [2.05, 4.69) is 17.6 Å². The van der Waals surface area contributed by atoms with Gasteiger partial charge in [-0.3, -0.25) is 4.79 Å². The summed E-state index contributed by atoms with van der Waals surface area (Å²) in [5, 5.41) is 6.75. The minimum Gasteiger partial charge on any atom is -0.496 e. The average molecular weight is 288 g/mol. The summed E-state index contributed by atoms with van der Waals surface area (Å²) in [4.78, 5) is 12.6. The molecule has 0 aromatic heterocycles. The number of hydrogen-bond acceptors (Lipinski definition) is 3. The lowest BCUT2D eigenvalue weighted by atomic mass is 9.88. The Kier molecular flexibility index (Phi) is 4.15. The van der Waals surface area contributed by atoms with Crippen molar-refractivity contribution >= 4 is 5.91 Å². The Labute approximate surface area is 126 Å². The summed E-state index contributed by atoms with van der Waals surface area (Å²) in [5.74, 6) is 1.16. The zero-order valence-corrected chi connectivity index (χ0v) is 12.8. The van der Waals surface area contributed by atoms with Crippen molar-refractivity contribution in [3.05, 3.63) is 29.8 Å². The van der Waals surface area contributed by atoms with Crippen LogP contribution in [0.2, 0.25) is 0 Å². The van der Waals surface area contributed by atoms with Crippen LogP contribution in [-0.4, -0.2) is 25.1 Å². The number of ether oxygens (including phenoxy) is 1. The molecule has 4 nitrogen and oxygen atoms in total. The predicted octanol–water partition coefficient (Wildman–Crippen LogP) is 2.40. The molecule has 1 amide bonds. The van der Waals surface area contributed by atoms with Crippen LogP contribution >= 0.6 is 0 Å². The van der Waals surface area contributed by atoms with Crippen molar-refractivity contribution < 1.29 is 9.53 Å². The van der Waals surface area contributed by atoms with Crippen molar-refractivity contribution in [1.29, 1.82) is 0 Å². The van der Waals surface area contributed by atoms with Crippen molar-refractivity contribution in [2.75, 3.05) is 7.11 Å². The van der Waals surface area contributed by atoms with Crippen LogP contribution in [0.3, 0.4) is 0 Å². The SMILES string of the molecule is CCC(NC(=O)C1CC2CCC1N2)c1ccccc1OC. The zero-order chi connectivity index (χ0) is 14.8. The molecule has 4 heteroatoms. The molecule has 0 saturated carbocycles. The number of rotatable bonds is 5. The largest absolute Gasteiger partial charge is 0.496 e. The van der Waals surface area contributed by atoms with Gasteiger partial charge >= 0.3 is 0 Å². The van der Waals surface area contributed by atoms with Gasteiger partial charge in [0, 0.05) is 17.6 Å². The first-order valence-electron chi connectivity index (χ1n) is 7.92. The van der Waals surface area contributed by atoms with Crippen molar-refractivity contribution in [2.45, 2.75) is 50.7 Å². The molecule has 3 rings (SSSR count). The van der Waals surface area contributed by atoms with Gasteiger partial charge in [0.05, 0.1) is 19.1 Å². The van der Waals surface area contributed by atoms with Crippen molar-refractivity contribution in [1.82, 2.24) is 10.6 Å². The molecule has 2 aliphatic heterocycles. The number of methoxy groups -OCH3 is 1. The first-order chi connectivity index (χ1) is 10.2. The third kappa shape index (κ3) is 2.77. The molecule has 2 heterocycles. The van der Waals surface area contributed by atoms with Crippen LogP contribution in [0.25, 0.3) is 0 Å². The van der Waals surface area contributed by atoms with Crippen molar-refractivity contribution in [3.63, 3.8) is 0 Å². The van der Waals surface area contributed by atoms with Crippen LogP contribution in [-0.2, 0) is 4.79 Å². The van der Waals surface area contributed by atoms with Gasteiger partial charge in [-0.05, 0) is 31.7 Å². The normalized spacial score (nSPS) is 28.4. The first kappa shape index (κ1) is 14.4. The highest BCUT2D eigenvalue weighted by Crippen LogP contribution is 2.34. The second-order valence-electron chi connectivity index (χ2n) is 6.10. The minimum atomic E-state index is 0.0211. The molecule has 2 bridgehead atoms. The summed E-state index contributed by atoms with van der Waals surface area (Å²) in [7, 11) is 1.67. The van der Waals surface area contributed by atoms with E-state index in [1.54, 1.807) is 7.11 Å². The molecule has 4 unspecified atom stereocenters. The standard InChI is InChI=1S/C17H24N2O2/c1-3-14(12-6-4-5-7-16(12)21-2)19-17(20)13-10-11-8-9-15(13)18-11/h4-7,11,13-15,18H,3,8-10H2,1-2H3,(H,19,20).